The van der Waals surface area contributed by atoms with Gasteiger partial charge in [-0.25, -0.2) is 0 Å². The largest absolute Gasteiger partial charge is 0.399 e. The normalized spacial score (nSPS) is 31.2. The van der Waals surface area contributed by atoms with Gasteiger partial charge in [0.05, 0.1) is 17.5 Å². The van der Waals surface area contributed by atoms with Gasteiger partial charge < -0.3 is 30.1 Å². The predicted octanol–water partition coefficient (Wildman–Crippen LogP) is 2.61. The van der Waals surface area contributed by atoms with Gasteiger partial charge in [0.2, 0.25) is 11.8 Å². The fraction of sp³-hybridized carbons (Fsp3) is 0.621. The molecule has 4 N–H and O–H groups in total. The summed E-state index contributed by atoms with van der Waals surface area (Å²) in [7, 11) is -5.74. The van der Waals surface area contributed by atoms with Crippen LogP contribution in [0.5, 0.6) is 0 Å². The van der Waals surface area contributed by atoms with Crippen molar-refractivity contribution in [3.8, 4) is 0 Å². The minimum atomic E-state index is -5.74. The van der Waals surface area contributed by atoms with E-state index in [4.69, 9.17) is 14.5 Å². The lowest BCUT2D eigenvalue weighted by Gasteiger charge is -2.43. The van der Waals surface area contributed by atoms with Crippen molar-refractivity contribution >= 4 is 46.7 Å². The average molecular weight is 653 g/mol. The Labute approximate surface area is 256 Å². The molecule has 0 bridgehead atoms. The molecule has 238 valence electrons. The zero-order chi connectivity index (χ0) is 31.0. The molecule has 15 heteroatoms. The van der Waals surface area contributed by atoms with Crippen LogP contribution in [0.2, 0.25) is 0 Å². The number of ether oxygens (including phenoxy) is 1. The van der Waals surface area contributed by atoms with Crippen LogP contribution in [0.3, 0.4) is 0 Å². The van der Waals surface area contributed by atoms with Crippen LogP contribution in [0.1, 0.15) is 53.8 Å². The Morgan fingerprint density at radius 1 is 1.02 bits per heavy atom. The molecule has 7 rings (SSSR count). The van der Waals surface area contributed by atoms with Gasteiger partial charge in [-0.15, -0.1) is 11.3 Å². The molecule has 5 aliphatic rings. The highest BCUT2D eigenvalue weighted by Gasteiger charge is 2.52. The number of hydrogen-bond donors (Lipinski definition) is 4. The second kappa shape index (κ2) is 11.1. The van der Waals surface area contributed by atoms with Gasteiger partial charge in [0, 0.05) is 42.0 Å². The lowest BCUT2D eigenvalue weighted by atomic mass is 9.98. The van der Waals surface area contributed by atoms with Crippen molar-refractivity contribution in [3.05, 3.63) is 34.7 Å². The number of thiophene rings is 1. The van der Waals surface area contributed by atoms with Gasteiger partial charge in [0.1, 0.15) is 12.1 Å². The summed E-state index contributed by atoms with van der Waals surface area (Å²) < 4.78 is 45.8. The molecule has 6 atom stereocenters. The van der Waals surface area contributed by atoms with Crippen LogP contribution in [0.4, 0.5) is 8.78 Å². The lowest BCUT2D eigenvalue weighted by Crippen LogP contribution is -2.64. The third-order valence-corrected chi connectivity index (χ3v) is 12.1. The predicted molar refractivity (Wildman–Crippen MR) is 156 cm³/mol. The topological polar surface area (TPSA) is 149 Å². The van der Waals surface area contributed by atoms with Gasteiger partial charge >= 0.3 is 13.3 Å². The molecule has 5 fully saturated rings. The van der Waals surface area contributed by atoms with Gasteiger partial charge in [-0.1, -0.05) is 6.07 Å². The third kappa shape index (κ3) is 5.47. The summed E-state index contributed by atoms with van der Waals surface area (Å²) in [5, 5.41) is 6.25. The van der Waals surface area contributed by atoms with E-state index in [1.54, 1.807) is 4.90 Å². The Bertz CT molecular complexity index is 1540. The van der Waals surface area contributed by atoms with Crippen molar-refractivity contribution < 1.29 is 42.3 Å². The zero-order valence-corrected chi connectivity index (χ0v) is 25.6. The van der Waals surface area contributed by atoms with Crippen LogP contribution in [0, 0.1) is 11.8 Å². The second-order valence-corrected chi connectivity index (χ2v) is 15.6. The summed E-state index contributed by atoms with van der Waals surface area (Å²) in [5.41, 5.74) is -5.21. The quantitative estimate of drug-likeness (QED) is 0.334. The molecule has 0 unspecified atom stereocenters. The SMILES string of the molecule is O=C(N[C@H]1C[C@@H]2C[C@@H]2C[C@H]2CC[C@@H](C(=O)NC3CN([C@H]4CCOC4)C3)N2C1=O)c1cc2cc(C(F)(F)P(=O)(O)O)ccc2s1. The molecule has 0 spiro atoms. The van der Waals surface area contributed by atoms with Gasteiger partial charge in [-0.05, 0) is 73.9 Å². The number of alkyl halides is 2. The smallest absolute Gasteiger partial charge is 0.380 e. The Morgan fingerprint density at radius 2 is 1.80 bits per heavy atom. The molecule has 1 aromatic carbocycles. The van der Waals surface area contributed by atoms with Crippen molar-refractivity contribution in [2.45, 2.75) is 74.4 Å². The van der Waals surface area contributed by atoms with Crippen LogP contribution in [-0.2, 0) is 24.6 Å². The number of hydrogen-bond acceptors (Lipinski definition) is 7. The first-order valence-corrected chi connectivity index (χ1v) is 17.5. The maximum Gasteiger partial charge on any atom is 0.399 e. The van der Waals surface area contributed by atoms with Gasteiger partial charge in [-0.3, -0.25) is 23.8 Å². The molecule has 1 aliphatic carbocycles. The maximum absolute atomic E-state index is 14.3. The molecular formula is C29H35F2N4O7PS. The van der Waals surface area contributed by atoms with Crippen LogP contribution >= 0.6 is 18.9 Å². The fourth-order valence-corrected chi connectivity index (χ4v) is 8.82. The number of likely N-dealkylation sites (tertiary alicyclic amines) is 1. The number of amides is 3. The Morgan fingerprint density at radius 3 is 2.52 bits per heavy atom. The van der Waals surface area contributed by atoms with Gasteiger partial charge in [-0.2, -0.15) is 8.78 Å². The van der Waals surface area contributed by atoms with Gasteiger partial charge in [0.25, 0.3) is 5.91 Å². The highest BCUT2D eigenvalue weighted by atomic mass is 32.1. The maximum atomic E-state index is 14.3. The molecule has 1 saturated carbocycles. The molecule has 5 heterocycles. The summed E-state index contributed by atoms with van der Waals surface area (Å²) in [6.07, 6.45) is 4.61. The standard InChI is InChI=1S/C29H35F2N4O7PS/c30-29(31,43(39,40)41)18-1-4-24-17(8-18)11-25(44-24)27(37)33-22-10-16-7-15(16)9-20-2-3-23(35(20)28(22)38)26(36)32-19-12-34(13-19)21-5-6-42-14-21/h1,4,8,11,15-16,19-23H,2-3,5-7,9-10,12-14H2,(H,32,36)(H,33,37)(H2,39,40,41)/t15-,16+,20-,21+,22+,23+/m1/s1. The first kappa shape index (κ1) is 30.2. The van der Waals surface area contributed by atoms with Crippen molar-refractivity contribution in [2.24, 2.45) is 11.8 Å². The van der Waals surface area contributed by atoms with Crippen molar-refractivity contribution in [1.29, 1.82) is 0 Å². The molecule has 4 aliphatic heterocycles. The van der Waals surface area contributed by atoms with Gasteiger partial charge in [0.15, 0.2) is 0 Å². The molecular weight excluding hydrogens is 617 g/mol. The number of nitrogens with zero attached hydrogens (tertiary/aromatic N) is 2. The number of carbonyl (C=O) groups is 3. The summed E-state index contributed by atoms with van der Waals surface area (Å²) in [6, 6.07) is 3.55. The Kier molecular flexibility index (Phi) is 7.61. The highest BCUT2D eigenvalue weighted by molar-refractivity contribution is 7.52. The first-order valence-electron chi connectivity index (χ1n) is 15.1. The van der Waals surface area contributed by atoms with E-state index in [-0.39, 0.29) is 34.2 Å². The van der Waals surface area contributed by atoms with Crippen LogP contribution in [0.25, 0.3) is 10.1 Å². The third-order valence-electron chi connectivity index (χ3n) is 9.98. The van der Waals surface area contributed by atoms with Crippen molar-refractivity contribution in [1.82, 2.24) is 20.4 Å². The Balaban J connectivity index is 1.05. The summed E-state index contributed by atoms with van der Waals surface area (Å²) in [4.78, 5) is 63.2. The van der Waals surface area contributed by atoms with Crippen LogP contribution < -0.4 is 10.6 Å². The molecule has 1 aromatic heterocycles. The van der Waals surface area contributed by atoms with E-state index in [9.17, 15) is 27.7 Å². The average Bonchev–Trinajstić information content (AvgIpc) is 3.37. The summed E-state index contributed by atoms with van der Waals surface area (Å²) in [5.74, 6) is -0.190. The van der Waals surface area contributed by atoms with E-state index in [2.05, 4.69) is 15.5 Å². The summed E-state index contributed by atoms with van der Waals surface area (Å²) in [6.45, 7) is 3.01. The molecule has 44 heavy (non-hydrogen) atoms. The van der Waals surface area contributed by atoms with E-state index in [0.29, 0.717) is 35.4 Å². The number of benzene rings is 1. The monoisotopic (exact) mass is 652 g/mol. The minimum absolute atomic E-state index is 0.0328. The molecule has 0 radical (unpaired) electrons. The summed E-state index contributed by atoms with van der Waals surface area (Å²) >= 11 is 1.04. The lowest BCUT2D eigenvalue weighted by molar-refractivity contribution is -0.143. The molecule has 11 nitrogen and oxygen atoms in total. The Hall–Kier alpha value is -2.48. The van der Waals surface area contributed by atoms with E-state index in [1.807, 2.05) is 0 Å². The minimum Gasteiger partial charge on any atom is -0.380 e. The van der Waals surface area contributed by atoms with Crippen LogP contribution in [-0.4, -0.2) is 93.8 Å². The number of fused-ring (bicyclic) bond motifs is 3. The number of carbonyl (C=O) groups excluding carboxylic acids is 3. The zero-order valence-electron chi connectivity index (χ0n) is 23.9. The second-order valence-electron chi connectivity index (χ2n) is 12.9. The van der Waals surface area contributed by atoms with E-state index in [1.165, 1.54) is 12.1 Å². The number of rotatable bonds is 7. The highest BCUT2D eigenvalue weighted by Crippen LogP contribution is 2.59. The molecule has 2 aromatic rings. The fourth-order valence-electron chi connectivity index (χ4n) is 7.40. The van der Waals surface area contributed by atoms with Crippen LogP contribution in [0.15, 0.2) is 24.3 Å². The van der Waals surface area contributed by atoms with E-state index in [0.717, 1.165) is 75.5 Å². The number of halogens is 2. The van der Waals surface area contributed by atoms with E-state index >= 15 is 0 Å². The van der Waals surface area contributed by atoms with Crippen molar-refractivity contribution in [3.63, 3.8) is 0 Å². The first-order chi connectivity index (χ1) is 20.9. The van der Waals surface area contributed by atoms with Crippen molar-refractivity contribution in [2.75, 3.05) is 26.3 Å². The number of nitrogens with one attached hydrogen (secondary N) is 2. The molecule has 4 saturated heterocycles. The van der Waals surface area contributed by atoms with E-state index < -0.39 is 36.8 Å². The molecule has 3 amide bonds.